The molecule has 8 aromatic rings. The maximum absolute atomic E-state index is 6.73. The molecule has 0 amide bonds. The number of benzene rings is 5. The molecule has 6 heteroatoms. The zero-order valence-corrected chi connectivity index (χ0v) is 39.1. The number of rotatable bonds is 11. The zero-order chi connectivity index (χ0) is 45.9. The number of hydrogen-bond donors (Lipinski definition) is 0. The molecule has 10 rings (SSSR count). The van der Waals surface area contributed by atoms with Crippen molar-refractivity contribution in [2.45, 2.75) is 46.5 Å². The Bertz CT molecular complexity index is 3730. The fourth-order valence-electron chi connectivity index (χ4n) is 9.61. The minimum absolute atomic E-state index is 0.509. The summed E-state index contributed by atoms with van der Waals surface area (Å²) in [4.78, 5) is 15.1. The number of para-hydroxylation sites is 1. The summed E-state index contributed by atoms with van der Waals surface area (Å²) in [6.45, 7) is 14.9. The number of thiophene rings is 1. The summed E-state index contributed by atoms with van der Waals surface area (Å²) < 4.78 is 11.5. The van der Waals surface area contributed by atoms with Crippen LogP contribution in [-0.4, -0.2) is 29.5 Å². The van der Waals surface area contributed by atoms with E-state index in [0.29, 0.717) is 18.2 Å². The van der Waals surface area contributed by atoms with Crippen molar-refractivity contribution in [3.05, 3.63) is 203 Å². The Morgan fingerprint density at radius 3 is 2.43 bits per heavy atom. The first-order valence-corrected chi connectivity index (χ1v) is 24.0. The minimum atomic E-state index is 0.509. The lowest BCUT2D eigenvalue weighted by atomic mass is 9.91. The van der Waals surface area contributed by atoms with Crippen molar-refractivity contribution < 1.29 is 4.42 Å². The van der Waals surface area contributed by atoms with Gasteiger partial charge < -0.3 is 8.98 Å². The number of amidine groups is 2. The van der Waals surface area contributed by atoms with Crippen molar-refractivity contribution in [2.75, 3.05) is 6.54 Å². The molecule has 0 saturated carbocycles. The molecule has 67 heavy (non-hydrogen) atoms. The first-order valence-electron chi connectivity index (χ1n) is 23.2. The fraction of sp³-hybridized carbons (Fsp3) is 0.131. The summed E-state index contributed by atoms with van der Waals surface area (Å²) in [6.07, 6.45) is 31.9. The molecule has 0 bridgehead atoms. The molecule has 2 aliphatic carbocycles. The normalized spacial score (nSPS) is 15.1. The molecule has 0 aliphatic heterocycles. The summed E-state index contributed by atoms with van der Waals surface area (Å²) in [7, 11) is 0. The summed E-state index contributed by atoms with van der Waals surface area (Å²) in [5, 5.41) is 8.03. The first-order chi connectivity index (χ1) is 33.0. The van der Waals surface area contributed by atoms with Crippen LogP contribution in [0.2, 0.25) is 0 Å². The topological polar surface area (TPSA) is 55.1 Å². The van der Waals surface area contributed by atoms with E-state index in [-0.39, 0.29) is 0 Å². The van der Waals surface area contributed by atoms with E-state index in [9.17, 15) is 0 Å². The Morgan fingerprint density at radius 2 is 1.64 bits per heavy atom. The van der Waals surface area contributed by atoms with Crippen molar-refractivity contribution in [2.24, 2.45) is 15.0 Å². The lowest BCUT2D eigenvalue weighted by Crippen LogP contribution is -2.28. The van der Waals surface area contributed by atoms with Crippen LogP contribution in [0, 0.1) is 0 Å². The van der Waals surface area contributed by atoms with Gasteiger partial charge in [0, 0.05) is 53.0 Å². The van der Waals surface area contributed by atoms with Crippen LogP contribution in [0.3, 0.4) is 0 Å². The van der Waals surface area contributed by atoms with Crippen molar-refractivity contribution in [1.29, 1.82) is 0 Å². The average Bonchev–Trinajstić information content (AvgIpc) is 3.97. The SMILES string of the molecule is C=C/C=C(\C=C/C)C(=NCC1=CCCC=C1)N=C(N=C)c1cc(-c2ccccc2C2=CCC=c3c(n(C(/C=C\C)=C/CC)c4ccc5c6ccccc6oc5c34)=C2)cc2c1sc1ccccc12. The number of aromatic nitrogens is 1. The number of nitrogens with zero attached hydrogens (tertiary/aromatic N) is 4. The molecule has 5 nitrogen and oxygen atoms in total. The Hall–Kier alpha value is -7.67. The van der Waals surface area contributed by atoms with Crippen molar-refractivity contribution in [1.82, 2.24) is 4.57 Å². The molecule has 0 radical (unpaired) electrons. The predicted octanol–water partition coefficient (Wildman–Crippen LogP) is 15.3. The van der Waals surface area contributed by atoms with Crippen LogP contribution in [0.5, 0.6) is 0 Å². The quantitative estimate of drug-likeness (QED) is 0.0725. The lowest BCUT2D eigenvalue weighted by Gasteiger charge is -2.14. The number of furan rings is 1. The summed E-state index contributed by atoms with van der Waals surface area (Å²) in [5.41, 5.74) is 11.5. The fourth-order valence-corrected chi connectivity index (χ4v) is 10.8. The van der Waals surface area contributed by atoms with Crippen LogP contribution >= 0.6 is 11.3 Å². The van der Waals surface area contributed by atoms with E-state index >= 15 is 0 Å². The van der Waals surface area contributed by atoms with Crippen LogP contribution in [0.15, 0.2) is 201 Å². The smallest absolute Gasteiger partial charge is 0.162 e. The highest BCUT2D eigenvalue weighted by Crippen LogP contribution is 2.41. The van der Waals surface area contributed by atoms with Crippen molar-refractivity contribution in [3.8, 4) is 11.1 Å². The Balaban J connectivity index is 1.19. The first kappa shape index (κ1) is 43.2. The van der Waals surface area contributed by atoms with Gasteiger partial charge in [0.25, 0.3) is 0 Å². The highest BCUT2D eigenvalue weighted by molar-refractivity contribution is 7.26. The molecule has 0 saturated heterocycles. The van der Waals surface area contributed by atoms with Crippen molar-refractivity contribution >= 4 is 106 Å². The van der Waals surface area contributed by atoms with Crippen LogP contribution in [0.4, 0.5) is 0 Å². The molecule has 0 unspecified atom stereocenters. The van der Waals surface area contributed by atoms with Gasteiger partial charge in [-0.2, -0.15) is 0 Å². The van der Waals surface area contributed by atoms with Gasteiger partial charge in [-0.15, -0.1) is 11.3 Å². The number of hydrogen-bond acceptors (Lipinski definition) is 3. The van der Waals surface area contributed by atoms with Gasteiger partial charge in [0.2, 0.25) is 0 Å². The van der Waals surface area contributed by atoms with Gasteiger partial charge in [-0.1, -0.05) is 141 Å². The molecule has 3 heterocycles. The summed E-state index contributed by atoms with van der Waals surface area (Å²) in [5.74, 6) is 1.10. The van der Waals surface area contributed by atoms with E-state index < -0.39 is 0 Å². The lowest BCUT2D eigenvalue weighted by molar-refractivity contribution is 0.672. The van der Waals surface area contributed by atoms with E-state index in [2.05, 4.69) is 182 Å². The zero-order valence-electron chi connectivity index (χ0n) is 38.3. The number of aliphatic imine (C=N–C) groups is 3. The Labute approximate surface area is 395 Å². The predicted molar refractivity (Wildman–Crippen MR) is 292 cm³/mol. The average molecular weight is 889 g/mol. The second-order valence-electron chi connectivity index (χ2n) is 16.7. The van der Waals surface area contributed by atoms with Gasteiger partial charge in [-0.3, -0.25) is 4.99 Å². The molecule has 0 N–H and O–H groups in total. The van der Waals surface area contributed by atoms with Gasteiger partial charge in [0.15, 0.2) is 11.7 Å². The standard InChI is InChI=1S/C61H52N4OS/c1-6-20-41(21-7-2)60(63-39-40-24-11-10-12-25-40)64-61(62-5)52-37-43(36-51-48-30-16-18-33-56(48)67-59(51)52)46-28-14-13-27-45(46)42-26-19-31-50-54(38-42)65(44(22-8-3)23-9-4)53-35-34-49-47-29-15-17-32-55(47)66-58(49)57(50)53/h6-8,11,13-18,20-38H,1,5,9-10,12,19,39H2,2-4H3/b21-7-,22-8-,41-20+,44-23+,63-60?,64-61?. The molecular weight excluding hydrogens is 837 g/mol. The number of fused-ring (bicyclic) bond motifs is 10. The molecule has 0 spiro atoms. The molecule has 2 aliphatic rings. The van der Waals surface area contributed by atoms with Crippen molar-refractivity contribution in [3.63, 3.8) is 0 Å². The van der Waals surface area contributed by atoms with Crippen LogP contribution in [0.1, 0.15) is 57.6 Å². The van der Waals surface area contributed by atoms with E-state index in [1.54, 1.807) is 17.4 Å². The van der Waals surface area contributed by atoms with E-state index in [1.807, 2.05) is 31.2 Å². The third kappa shape index (κ3) is 8.08. The maximum Gasteiger partial charge on any atom is 0.162 e. The molecular formula is C61H52N4OS. The Kier molecular flexibility index (Phi) is 12.3. The van der Waals surface area contributed by atoms with Gasteiger partial charge in [0.05, 0.1) is 22.8 Å². The third-order valence-electron chi connectivity index (χ3n) is 12.5. The second-order valence-corrected chi connectivity index (χ2v) is 17.8. The van der Waals surface area contributed by atoms with Crippen LogP contribution in [0.25, 0.3) is 87.6 Å². The molecule has 0 atom stereocenters. The molecule has 3 aromatic heterocycles. The maximum atomic E-state index is 6.73. The number of allylic oxidation sites excluding steroid dienone is 11. The molecule has 5 aromatic carbocycles. The molecule has 0 fully saturated rings. The van der Waals surface area contributed by atoms with E-state index in [0.717, 1.165) is 113 Å². The third-order valence-corrected chi connectivity index (χ3v) is 13.7. The van der Waals surface area contributed by atoms with Gasteiger partial charge in [-0.25, -0.2) is 9.98 Å². The molecule has 328 valence electrons. The van der Waals surface area contributed by atoms with E-state index in [4.69, 9.17) is 14.4 Å². The summed E-state index contributed by atoms with van der Waals surface area (Å²) in [6, 6.07) is 34.8. The van der Waals surface area contributed by atoms with Crippen LogP contribution in [-0.2, 0) is 0 Å². The van der Waals surface area contributed by atoms with Gasteiger partial charge in [0.1, 0.15) is 11.2 Å². The van der Waals surface area contributed by atoms with Crippen LogP contribution < -0.4 is 10.6 Å². The van der Waals surface area contributed by atoms with Gasteiger partial charge >= 0.3 is 0 Å². The summed E-state index contributed by atoms with van der Waals surface area (Å²) >= 11 is 1.76. The monoisotopic (exact) mass is 888 g/mol. The highest BCUT2D eigenvalue weighted by atomic mass is 32.1. The highest BCUT2D eigenvalue weighted by Gasteiger charge is 2.21. The Morgan fingerprint density at radius 1 is 0.836 bits per heavy atom. The van der Waals surface area contributed by atoms with E-state index in [1.165, 1.54) is 20.9 Å². The second kappa shape index (κ2) is 19.0. The minimum Gasteiger partial charge on any atom is -0.455 e. The largest absolute Gasteiger partial charge is 0.455 e. The van der Waals surface area contributed by atoms with Gasteiger partial charge in [-0.05, 0) is 123 Å².